The van der Waals surface area contributed by atoms with Gasteiger partial charge in [0.1, 0.15) is 21.8 Å². The molecule has 2 heterocycles. The van der Waals surface area contributed by atoms with E-state index in [2.05, 4.69) is 11.1 Å². The van der Waals surface area contributed by atoms with Gasteiger partial charge in [0.05, 0.1) is 21.9 Å². The van der Waals surface area contributed by atoms with E-state index in [1.807, 2.05) is 24.3 Å². The summed E-state index contributed by atoms with van der Waals surface area (Å²) >= 11 is 1.44. The molecule has 6 nitrogen and oxygen atoms in total. The highest BCUT2D eigenvalue weighted by Crippen LogP contribution is 2.26. The van der Waals surface area contributed by atoms with Gasteiger partial charge in [0.25, 0.3) is 0 Å². The van der Waals surface area contributed by atoms with Crippen molar-refractivity contribution in [3.63, 3.8) is 0 Å². The normalized spacial score (nSPS) is 11.9. The highest BCUT2D eigenvalue weighted by molar-refractivity contribution is 7.19. The first kappa shape index (κ1) is 14.7. The number of furan rings is 1. The summed E-state index contributed by atoms with van der Waals surface area (Å²) < 4.78 is 6.01. The summed E-state index contributed by atoms with van der Waals surface area (Å²) in [5.41, 5.74) is 1.27. The molecule has 7 heteroatoms. The van der Waals surface area contributed by atoms with Gasteiger partial charge in [-0.25, -0.2) is 4.98 Å². The Morgan fingerprint density at radius 2 is 2.17 bits per heavy atom. The monoisotopic (exact) mass is 323 g/mol. The molecule has 23 heavy (non-hydrogen) atoms. The molecule has 0 bridgehead atoms. The molecule has 0 aliphatic carbocycles. The number of nitrogens with zero attached hydrogens (tertiary/aromatic N) is 3. The third kappa shape index (κ3) is 3.17. The lowest BCUT2D eigenvalue weighted by Crippen LogP contribution is -1.82. The molecule has 3 rings (SSSR count). The Labute approximate surface area is 134 Å². The Morgan fingerprint density at radius 3 is 2.87 bits per heavy atom. The fraction of sp³-hybridized carbons (Fsp3) is 0. The van der Waals surface area contributed by atoms with Gasteiger partial charge in [-0.3, -0.25) is 10.1 Å². The van der Waals surface area contributed by atoms with Gasteiger partial charge in [-0.2, -0.15) is 5.26 Å². The third-order valence-corrected chi connectivity index (χ3v) is 4.03. The second-order valence-corrected chi connectivity index (χ2v) is 5.50. The van der Waals surface area contributed by atoms with Gasteiger partial charge in [0, 0.05) is 0 Å². The lowest BCUT2D eigenvalue weighted by atomic mass is 10.2. The average molecular weight is 323 g/mol. The van der Waals surface area contributed by atoms with E-state index in [1.54, 1.807) is 18.2 Å². The Bertz CT molecular complexity index is 943. The number of benzene rings is 1. The van der Waals surface area contributed by atoms with Crippen molar-refractivity contribution in [3.8, 4) is 6.07 Å². The molecule has 112 valence electrons. The number of hydrogen-bond acceptors (Lipinski definition) is 6. The number of thiazole rings is 1. The predicted molar refractivity (Wildman–Crippen MR) is 87.6 cm³/mol. The standard InChI is InChI=1S/C16H9N3O3S/c17-10-11(16-18-13-6-1-2-7-14(13)23-16)4-3-5-12-8-9-15(22-12)19(20)21/h1-9H/b5-3+,11-4+. The molecule has 0 aliphatic heterocycles. The van der Waals surface area contributed by atoms with Crippen LogP contribution in [0, 0.1) is 21.4 Å². The van der Waals surface area contributed by atoms with Crippen LogP contribution < -0.4 is 0 Å². The first-order valence-corrected chi connectivity index (χ1v) is 7.37. The van der Waals surface area contributed by atoms with Crippen LogP contribution in [-0.4, -0.2) is 9.91 Å². The fourth-order valence-electron chi connectivity index (χ4n) is 1.91. The molecular weight excluding hydrogens is 314 g/mol. The molecule has 3 aromatic rings. The summed E-state index contributed by atoms with van der Waals surface area (Å²) in [6.45, 7) is 0. The van der Waals surface area contributed by atoms with Crippen molar-refractivity contribution in [1.29, 1.82) is 5.26 Å². The predicted octanol–water partition coefficient (Wildman–Crippen LogP) is 4.42. The van der Waals surface area contributed by atoms with Gasteiger partial charge in [-0.1, -0.05) is 18.2 Å². The number of hydrogen-bond donors (Lipinski definition) is 0. The molecule has 0 unspecified atom stereocenters. The Hall–Kier alpha value is -3.24. The molecule has 0 radical (unpaired) electrons. The molecule has 0 aliphatic rings. The van der Waals surface area contributed by atoms with Gasteiger partial charge in [-0.05, 0) is 30.4 Å². The van der Waals surface area contributed by atoms with Crippen molar-refractivity contribution in [2.75, 3.05) is 0 Å². The van der Waals surface area contributed by atoms with Crippen molar-refractivity contribution in [1.82, 2.24) is 4.98 Å². The summed E-state index contributed by atoms with van der Waals surface area (Å²) in [5, 5.41) is 20.4. The molecule has 0 spiro atoms. The van der Waals surface area contributed by atoms with Gasteiger partial charge in [0.15, 0.2) is 0 Å². The van der Waals surface area contributed by atoms with Crippen LogP contribution in [0.1, 0.15) is 10.8 Å². The third-order valence-electron chi connectivity index (χ3n) is 2.96. The van der Waals surface area contributed by atoms with Crippen LogP contribution in [-0.2, 0) is 0 Å². The van der Waals surface area contributed by atoms with E-state index in [0.717, 1.165) is 10.2 Å². The maximum Gasteiger partial charge on any atom is 0.433 e. The molecular formula is C16H9N3O3S. The summed E-state index contributed by atoms with van der Waals surface area (Å²) in [5.74, 6) is 0.0230. The number of aromatic nitrogens is 1. The largest absolute Gasteiger partial charge is 0.433 e. The van der Waals surface area contributed by atoms with Crippen molar-refractivity contribution in [2.24, 2.45) is 0 Å². The fourth-order valence-corrected chi connectivity index (χ4v) is 2.85. The zero-order valence-corrected chi connectivity index (χ0v) is 12.5. The summed E-state index contributed by atoms with van der Waals surface area (Å²) in [6.07, 6.45) is 4.76. The van der Waals surface area contributed by atoms with Crippen LogP contribution in [0.25, 0.3) is 21.9 Å². The summed E-state index contributed by atoms with van der Waals surface area (Å²) in [6, 6.07) is 12.5. The number of nitriles is 1. The quantitative estimate of drug-likeness (QED) is 0.307. The molecule has 0 saturated carbocycles. The molecule has 0 N–H and O–H groups in total. The Morgan fingerprint density at radius 1 is 1.35 bits per heavy atom. The second kappa shape index (κ2) is 6.25. The van der Waals surface area contributed by atoms with Crippen LogP contribution in [0.3, 0.4) is 0 Å². The molecule has 2 aromatic heterocycles. The summed E-state index contributed by atoms with van der Waals surface area (Å²) in [7, 11) is 0. The van der Waals surface area contributed by atoms with Crippen LogP contribution in [0.2, 0.25) is 0 Å². The molecule has 0 saturated heterocycles. The van der Waals surface area contributed by atoms with Crippen LogP contribution >= 0.6 is 11.3 Å². The van der Waals surface area contributed by atoms with Gasteiger partial charge in [-0.15, -0.1) is 11.3 Å². The van der Waals surface area contributed by atoms with Gasteiger partial charge in [0.2, 0.25) is 0 Å². The van der Waals surface area contributed by atoms with Crippen molar-refractivity contribution >= 4 is 39.1 Å². The van der Waals surface area contributed by atoms with E-state index in [-0.39, 0.29) is 5.88 Å². The highest BCUT2D eigenvalue weighted by Gasteiger charge is 2.10. The lowest BCUT2D eigenvalue weighted by Gasteiger charge is -1.88. The topological polar surface area (TPSA) is 93.0 Å². The van der Waals surface area contributed by atoms with E-state index in [0.29, 0.717) is 16.3 Å². The minimum Gasteiger partial charge on any atom is -0.401 e. The highest BCUT2D eigenvalue weighted by atomic mass is 32.1. The van der Waals surface area contributed by atoms with E-state index >= 15 is 0 Å². The van der Waals surface area contributed by atoms with Gasteiger partial charge < -0.3 is 4.42 Å². The van der Waals surface area contributed by atoms with Crippen LogP contribution in [0.4, 0.5) is 5.88 Å². The average Bonchev–Trinajstić information content (AvgIpc) is 3.18. The maximum absolute atomic E-state index is 10.5. The number of para-hydroxylation sites is 1. The zero-order chi connectivity index (χ0) is 16.2. The number of rotatable bonds is 4. The van der Waals surface area contributed by atoms with Gasteiger partial charge >= 0.3 is 5.88 Å². The van der Waals surface area contributed by atoms with Crippen LogP contribution in [0.15, 0.2) is 53.0 Å². The van der Waals surface area contributed by atoms with E-state index in [4.69, 9.17) is 4.42 Å². The van der Waals surface area contributed by atoms with E-state index < -0.39 is 4.92 Å². The first-order valence-electron chi connectivity index (χ1n) is 6.56. The number of allylic oxidation sites excluding steroid dienone is 3. The number of fused-ring (bicyclic) bond motifs is 1. The van der Waals surface area contributed by atoms with Crippen molar-refractivity contribution in [3.05, 3.63) is 69.4 Å². The molecule has 0 fully saturated rings. The zero-order valence-electron chi connectivity index (χ0n) is 11.7. The first-order chi connectivity index (χ1) is 11.2. The van der Waals surface area contributed by atoms with Crippen molar-refractivity contribution in [2.45, 2.75) is 0 Å². The lowest BCUT2D eigenvalue weighted by molar-refractivity contribution is -0.402. The molecule has 0 atom stereocenters. The van der Waals surface area contributed by atoms with Crippen LogP contribution in [0.5, 0.6) is 0 Å². The maximum atomic E-state index is 10.5. The Kier molecular flexibility index (Phi) is 3.99. The SMILES string of the molecule is N#C/C(=C\C=C\c1ccc([N+](=O)[O-])o1)c1nc2ccccc2s1. The molecule has 1 aromatic carbocycles. The summed E-state index contributed by atoms with van der Waals surface area (Å²) in [4.78, 5) is 14.4. The minimum absolute atomic E-state index is 0.319. The smallest absolute Gasteiger partial charge is 0.401 e. The van der Waals surface area contributed by atoms with E-state index in [1.165, 1.54) is 23.5 Å². The number of nitro groups is 1. The minimum atomic E-state index is -0.602. The Balaban J connectivity index is 1.85. The molecule has 0 amide bonds. The van der Waals surface area contributed by atoms with E-state index in [9.17, 15) is 15.4 Å². The second-order valence-electron chi connectivity index (χ2n) is 4.47. The van der Waals surface area contributed by atoms with Crippen molar-refractivity contribution < 1.29 is 9.34 Å².